The first-order valence-corrected chi connectivity index (χ1v) is 14.7. The Hall–Kier alpha value is -1.48. The number of alkyl halides is 1. The van der Waals surface area contributed by atoms with Crippen molar-refractivity contribution in [1.29, 1.82) is 0 Å². The fourth-order valence-electron chi connectivity index (χ4n) is 2.99. The molecule has 3 amide bonds. The number of amides is 3. The SMILES string of the molecule is CC(=O)CNC(I)SSC(C)CC(=O)COCC(=O)Nc1ccc(CCC(=O)N2CCC2=O)cc1. The van der Waals surface area contributed by atoms with Gasteiger partial charge in [-0.25, -0.2) is 0 Å². The molecule has 12 heteroatoms. The number of nitrogens with one attached hydrogen (secondary N) is 2. The molecule has 0 aliphatic carbocycles. The van der Waals surface area contributed by atoms with E-state index >= 15 is 0 Å². The number of ketones is 2. The molecule has 2 atom stereocenters. The summed E-state index contributed by atoms with van der Waals surface area (Å²) in [7, 11) is 3.12. The van der Waals surface area contributed by atoms with E-state index in [0.717, 1.165) is 5.56 Å². The fourth-order valence-corrected chi connectivity index (χ4v) is 6.25. The van der Waals surface area contributed by atoms with Crippen LogP contribution in [0, 0.1) is 0 Å². The molecule has 1 aliphatic rings. The van der Waals surface area contributed by atoms with E-state index in [2.05, 4.69) is 33.2 Å². The minimum Gasteiger partial charge on any atom is -0.364 e. The number of hydrogen-bond donors (Lipinski definition) is 2. The number of β-lactam (4-membered cyclic amide) rings is 1. The molecule has 2 unspecified atom stereocenters. The van der Waals surface area contributed by atoms with E-state index in [-0.39, 0.29) is 57.6 Å². The van der Waals surface area contributed by atoms with E-state index in [4.69, 9.17) is 4.74 Å². The van der Waals surface area contributed by atoms with Crippen molar-refractivity contribution in [2.75, 3.05) is 31.6 Å². The van der Waals surface area contributed by atoms with Gasteiger partial charge in [0.15, 0.2) is 5.78 Å². The summed E-state index contributed by atoms with van der Waals surface area (Å²) in [6.07, 6.45) is 1.55. The van der Waals surface area contributed by atoms with Gasteiger partial charge < -0.3 is 10.1 Å². The zero-order valence-electron chi connectivity index (χ0n) is 19.7. The van der Waals surface area contributed by atoms with Crippen LogP contribution in [0.15, 0.2) is 24.3 Å². The van der Waals surface area contributed by atoms with E-state index in [0.29, 0.717) is 38.0 Å². The van der Waals surface area contributed by atoms with Gasteiger partial charge >= 0.3 is 0 Å². The molecule has 0 spiro atoms. The molecule has 1 saturated heterocycles. The number of nitrogens with zero attached hydrogens (tertiary/aromatic N) is 1. The van der Waals surface area contributed by atoms with Gasteiger partial charge in [0, 0.05) is 36.7 Å². The summed E-state index contributed by atoms with van der Waals surface area (Å²) >= 11 is 2.19. The van der Waals surface area contributed by atoms with Crippen molar-refractivity contribution in [3.8, 4) is 0 Å². The van der Waals surface area contributed by atoms with Gasteiger partial charge in [-0.1, -0.05) is 63.2 Å². The highest BCUT2D eigenvalue weighted by atomic mass is 127. The van der Waals surface area contributed by atoms with Crippen molar-refractivity contribution < 1.29 is 28.7 Å². The number of imide groups is 1. The third kappa shape index (κ3) is 11.9. The van der Waals surface area contributed by atoms with Gasteiger partial charge in [0.1, 0.15) is 22.4 Å². The van der Waals surface area contributed by atoms with Gasteiger partial charge in [-0.3, -0.25) is 34.2 Å². The summed E-state index contributed by atoms with van der Waals surface area (Å²) in [5.41, 5.74) is 1.52. The van der Waals surface area contributed by atoms with Crippen molar-refractivity contribution in [1.82, 2.24) is 10.2 Å². The summed E-state index contributed by atoms with van der Waals surface area (Å²) in [5.74, 6) is -0.649. The second kappa shape index (κ2) is 15.6. The lowest BCUT2D eigenvalue weighted by Gasteiger charge is -2.28. The van der Waals surface area contributed by atoms with Crippen molar-refractivity contribution in [2.45, 2.75) is 48.2 Å². The lowest BCUT2D eigenvalue weighted by Crippen LogP contribution is -2.47. The second-order valence-electron chi connectivity index (χ2n) is 8.07. The van der Waals surface area contributed by atoms with Gasteiger partial charge in [-0.15, -0.1) is 0 Å². The lowest BCUT2D eigenvalue weighted by molar-refractivity contribution is -0.152. The molecule has 9 nitrogen and oxygen atoms in total. The van der Waals surface area contributed by atoms with Crippen molar-refractivity contribution >= 4 is 79.2 Å². The topological polar surface area (TPSA) is 122 Å². The van der Waals surface area contributed by atoms with Gasteiger partial charge in [-0.2, -0.15) is 0 Å². The smallest absolute Gasteiger partial charge is 0.250 e. The Morgan fingerprint density at radius 2 is 1.86 bits per heavy atom. The van der Waals surface area contributed by atoms with Crippen molar-refractivity contribution in [2.24, 2.45) is 0 Å². The van der Waals surface area contributed by atoms with Crippen LogP contribution in [0.1, 0.15) is 38.7 Å². The minimum absolute atomic E-state index is 0.0616. The number of anilines is 1. The lowest BCUT2D eigenvalue weighted by atomic mass is 10.1. The van der Waals surface area contributed by atoms with Crippen LogP contribution in [0.2, 0.25) is 0 Å². The zero-order valence-corrected chi connectivity index (χ0v) is 23.5. The molecular formula is C23H30IN3O6S2. The van der Waals surface area contributed by atoms with Crippen LogP contribution >= 0.6 is 44.2 Å². The highest BCUT2D eigenvalue weighted by Gasteiger charge is 2.29. The minimum atomic E-state index is -0.362. The molecule has 35 heavy (non-hydrogen) atoms. The van der Waals surface area contributed by atoms with E-state index in [9.17, 15) is 24.0 Å². The standard InChI is InChI=1S/C23H30IN3O6S2/c1-15(28)12-25-23(24)35-34-16(2)11-19(29)13-33-14-20(30)26-18-6-3-17(4-7-18)5-8-21(31)27-10-9-22(27)32/h3-4,6-7,16,23,25H,5,8-14H2,1-2H3,(H,26,30). The molecule has 0 aromatic heterocycles. The summed E-state index contributed by atoms with van der Waals surface area (Å²) < 4.78 is 5.32. The quantitative estimate of drug-likeness (QED) is 0.0706. The van der Waals surface area contributed by atoms with Crippen LogP contribution in [0.5, 0.6) is 0 Å². The van der Waals surface area contributed by atoms with Crippen molar-refractivity contribution in [3.05, 3.63) is 29.8 Å². The molecule has 1 aliphatic heterocycles. The summed E-state index contributed by atoms with van der Waals surface area (Å²) in [5, 5.41) is 5.86. The number of carbonyl (C=O) groups is 5. The molecule has 1 aromatic carbocycles. The maximum absolute atomic E-state index is 12.1. The average Bonchev–Trinajstić information content (AvgIpc) is 2.79. The summed E-state index contributed by atoms with van der Waals surface area (Å²) in [6, 6.07) is 7.11. The average molecular weight is 636 g/mol. The Bertz CT molecular complexity index is 915. The Morgan fingerprint density at radius 1 is 1.14 bits per heavy atom. The number of benzene rings is 1. The van der Waals surface area contributed by atoms with E-state index in [1.807, 2.05) is 19.1 Å². The summed E-state index contributed by atoms with van der Waals surface area (Å²) in [6.45, 7) is 3.93. The van der Waals surface area contributed by atoms with Gasteiger partial charge in [-0.05, 0) is 31.0 Å². The Balaban J connectivity index is 1.58. The zero-order chi connectivity index (χ0) is 25.8. The van der Waals surface area contributed by atoms with Crippen LogP contribution in [0.3, 0.4) is 0 Å². The van der Waals surface area contributed by atoms with E-state index in [1.165, 1.54) is 11.8 Å². The number of aryl methyl sites for hydroxylation is 1. The van der Waals surface area contributed by atoms with Crippen LogP contribution in [-0.4, -0.2) is 69.1 Å². The molecule has 1 heterocycles. The molecule has 0 bridgehead atoms. The van der Waals surface area contributed by atoms with Gasteiger partial charge in [0.05, 0.1) is 6.54 Å². The molecule has 1 aromatic rings. The van der Waals surface area contributed by atoms with Gasteiger partial charge in [0.25, 0.3) is 0 Å². The van der Waals surface area contributed by atoms with E-state index in [1.54, 1.807) is 33.7 Å². The predicted molar refractivity (Wildman–Crippen MR) is 146 cm³/mol. The number of ether oxygens (including phenoxy) is 1. The third-order valence-electron chi connectivity index (χ3n) is 4.84. The Kier molecular flexibility index (Phi) is 13.3. The third-order valence-corrected chi connectivity index (χ3v) is 9.92. The van der Waals surface area contributed by atoms with Crippen LogP contribution in [0.4, 0.5) is 5.69 Å². The first-order valence-electron chi connectivity index (χ1n) is 11.1. The van der Waals surface area contributed by atoms with Crippen LogP contribution in [-0.2, 0) is 35.1 Å². The number of rotatable bonds is 16. The molecule has 2 N–H and O–H groups in total. The molecule has 0 radical (unpaired) electrons. The normalized spacial score (nSPS) is 14.7. The molecular weight excluding hydrogens is 605 g/mol. The molecule has 192 valence electrons. The molecule has 1 fully saturated rings. The fraction of sp³-hybridized carbons (Fsp3) is 0.522. The second-order valence-corrected chi connectivity index (χ2v) is 13.0. The largest absolute Gasteiger partial charge is 0.364 e. The van der Waals surface area contributed by atoms with Gasteiger partial charge in [0.2, 0.25) is 17.7 Å². The Morgan fingerprint density at radius 3 is 2.46 bits per heavy atom. The van der Waals surface area contributed by atoms with Crippen molar-refractivity contribution in [3.63, 3.8) is 0 Å². The molecule has 0 saturated carbocycles. The number of Topliss-reactive ketones (excluding diaryl/α,β-unsaturated/α-hetero) is 2. The number of hydrogen-bond acceptors (Lipinski definition) is 9. The van der Waals surface area contributed by atoms with E-state index < -0.39 is 0 Å². The molecule has 2 rings (SSSR count). The maximum Gasteiger partial charge on any atom is 0.250 e. The highest BCUT2D eigenvalue weighted by molar-refractivity contribution is 14.1. The van der Waals surface area contributed by atoms with Crippen LogP contribution < -0.4 is 10.6 Å². The summed E-state index contributed by atoms with van der Waals surface area (Å²) in [4.78, 5) is 59.7. The monoisotopic (exact) mass is 635 g/mol. The number of carbonyl (C=O) groups excluding carboxylic acids is 5. The Labute approximate surface area is 226 Å². The first kappa shape index (κ1) is 29.7. The first-order chi connectivity index (χ1) is 16.6. The maximum atomic E-state index is 12.1. The van der Waals surface area contributed by atoms with Crippen LogP contribution in [0.25, 0.3) is 0 Å². The number of likely N-dealkylation sites (tertiary alicyclic amines) is 1. The highest BCUT2D eigenvalue weighted by Crippen LogP contribution is 2.34. The number of halogens is 1. The predicted octanol–water partition coefficient (Wildman–Crippen LogP) is 2.96.